The summed E-state index contributed by atoms with van der Waals surface area (Å²) in [6.07, 6.45) is 0.764. The molecule has 3 aromatic rings. The highest BCUT2D eigenvalue weighted by atomic mass is 35.5. The molecule has 0 saturated heterocycles. The molecule has 2 aliphatic heterocycles. The number of aromatic amines is 1. The van der Waals surface area contributed by atoms with E-state index in [1.807, 2.05) is 13.1 Å². The SMILES string of the molecule is COc1c2c(cc3c1[C@@H](c1c(O)n(-c4ccc(Cl)cc4)c(=S)[nH]c1=O)[NH+](C)CC3)OCO2. The molecule has 3 heterocycles. The number of halogens is 1. The van der Waals surface area contributed by atoms with Gasteiger partial charge in [-0.3, -0.25) is 14.3 Å². The minimum atomic E-state index is -0.513. The summed E-state index contributed by atoms with van der Waals surface area (Å²) in [5.74, 6) is 1.41. The molecule has 0 amide bonds. The molecule has 0 saturated carbocycles. The Morgan fingerprint density at radius 1 is 1.28 bits per heavy atom. The molecule has 32 heavy (non-hydrogen) atoms. The summed E-state index contributed by atoms with van der Waals surface area (Å²) in [5, 5.41) is 11.9. The first-order chi connectivity index (χ1) is 15.4. The average Bonchev–Trinajstić information content (AvgIpc) is 3.23. The smallest absolute Gasteiger partial charge is 0.265 e. The molecule has 166 valence electrons. The highest BCUT2D eigenvalue weighted by Gasteiger charge is 2.41. The van der Waals surface area contributed by atoms with Gasteiger partial charge >= 0.3 is 0 Å². The summed E-state index contributed by atoms with van der Waals surface area (Å²) in [6, 6.07) is 8.26. The number of aromatic nitrogens is 2. The van der Waals surface area contributed by atoms with E-state index in [0.29, 0.717) is 28.0 Å². The van der Waals surface area contributed by atoms with Crippen LogP contribution in [0.15, 0.2) is 35.1 Å². The van der Waals surface area contributed by atoms with Crippen molar-refractivity contribution in [2.75, 3.05) is 27.5 Å². The number of rotatable bonds is 3. The van der Waals surface area contributed by atoms with Crippen molar-refractivity contribution < 1.29 is 24.2 Å². The molecule has 3 N–H and O–H groups in total. The van der Waals surface area contributed by atoms with Crippen LogP contribution in [0.2, 0.25) is 5.02 Å². The first kappa shape index (κ1) is 20.9. The quantitative estimate of drug-likeness (QED) is 0.504. The molecule has 2 aliphatic rings. The Balaban J connectivity index is 1.78. The molecule has 2 aromatic carbocycles. The van der Waals surface area contributed by atoms with E-state index in [4.69, 9.17) is 38.0 Å². The molecular formula is C22H21ClN3O5S+. The zero-order chi connectivity index (χ0) is 22.6. The normalized spacial score (nSPS) is 19.0. The summed E-state index contributed by atoms with van der Waals surface area (Å²) < 4.78 is 18.5. The van der Waals surface area contributed by atoms with Gasteiger partial charge < -0.3 is 24.2 Å². The van der Waals surface area contributed by atoms with Crippen molar-refractivity contribution in [1.29, 1.82) is 0 Å². The van der Waals surface area contributed by atoms with Crippen LogP contribution in [0.3, 0.4) is 0 Å². The Labute approximate surface area is 193 Å². The Morgan fingerprint density at radius 2 is 2.03 bits per heavy atom. The van der Waals surface area contributed by atoms with E-state index in [9.17, 15) is 9.90 Å². The van der Waals surface area contributed by atoms with E-state index in [1.54, 1.807) is 31.4 Å². The van der Waals surface area contributed by atoms with E-state index < -0.39 is 11.6 Å². The first-order valence-corrected chi connectivity index (χ1v) is 10.8. The van der Waals surface area contributed by atoms with Crippen molar-refractivity contribution >= 4 is 23.8 Å². The number of hydrogen-bond donors (Lipinski definition) is 3. The van der Waals surface area contributed by atoms with Gasteiger partial charge in [0.2, 0.25) is 18.4 Å². The number of hydrogen-bond acceptors (Lipinski definition) is 6. The van der Waals surface area contributed by atoms with Crippen LogP contribution in [0, 0.1) is 4.77 Å². The number of nitrogens with zero attached hydrogens (tertiary/aromatic N) is 1. The summed E-state index contributed by atoms with van der Waals surface area (Å²) >= 11 is 11.4. The second-order valence-corrected chi connectivity index (χ2v) is 8.63. The number of likely N-dealkylation sites (N-methyl/N-ethyl adjacent to an activating group) is 1. The summed E-state index contributed by atoms with van der Waals surface area (Å²) in [5.41, 5.74) is 2.11. The van der Waals surface area contributed by atoms with Gasteiger partial charge in [0.15, 0.2) is 22.3 Å². The topological polar surface area (TPSA) is 90.2 Å². The maximum atomic E-state index is 13.2. The van der Waals surface area contributed by atoms with E-state index in [1.165, 1.54) is 4.57 Å². The van der Waals surface area contributed by atoms with E-state index in [2.05, 4.69) is 4.98 Å². The number of ether oxygens (including phenoxy) is 3. The maximum absolute atomic E-state index is 13.2. The van der Waals surface area contributed by atoms with E-state index in [-0.39, 0.29) is 23.0 Å². The standard InChI is InChI=1S/C22H20ClN3O5S/c1-25-8-7-11-9-14-18(31-10-30-14)19(29-2)15(11)17(25)16-20(27)24-22(32)26(21(16)28)13-5-3-12(23)4-6-13/h3-6,9,17,28H,7-8,10H2,1-2H3,(H,24,27,32)/p+1/t17-/m0/s1. The summed E-state index contributed by atoms with van der Waals surface area (Å²) in [4.78, 5) is 16.9. The lowest BCUT2D eigenvalue weighted by atomic mass is 9.87. The van der Waals surface area contributed by atoms with Gasteiger partial charge in [-0.15, -0.1) is 0 Å². The number of benzene rings is 2. The second kappa shape index (κ2) is 7.84. The predicted molar refractivity (Wildman–Crippen MR) is 120 cm³/mol. The zero-order valence-electron chi connectivity index (χ0n) is 17.4. The van der Waals surface area contributed by atoms with Gasteiger partial charge in [-0.05, 0) is 48.1 Å². The molecule has 0 radical (unpaired) electrons. The van der Waals surface area contributed by atoms with Gasteiger partial charge in [-0.1, -0.05) is 11.6 Å². The zero-order valence-corrected chi connectivity index (χ0v) is 19.0. The Hall–Kier alpha value is -3.01. The van der Waals surface area contributed by atoms with Crippen molar-refractivity contribution in [2.24, 2.45) is 0 Å². The Kier molecular flexibility index (Phi) is 5.11. The van der Waals surface area contributed by atoms with Gasteiger partial charge in [0, 0.05) is 11.4 Å². The third-order valence-corrected chi connectivity index (χ3v) is 6.55. The number of fused-ring (bicyclic) bond motifs is 2. The molecular weight excluding hydrogens is 454 g/mol. The fourth-order valence-electron chi connectivity index (χ4n) is 4.55. The minimum absolute atomic E-state index is 0.0879. The fraction of sp³-hybridized carbons (Fsp3) is 0.273. The number of H-pyrrole nitrogens is 1. The second-order valence-electron chi connectivity index (χ2n) is 7.80. The van der Waals surface area contributed by atoms with Crippen LogP contribution < -0.4 is 24.7 Å². The van der Waals surface area contributed by atoms with Crippen LogP contribution in [0.1, 0.15) is 22.7 Å². The average molecular weight is 475 g/mol. The van der Waals surface area contributed by atoms with Crippen LogP contribution in [-0.2, 0) is 6.42 Å². The number of nitrogens with one attached hydrogen (secondary N) is 2. The molecule has 8 nitrogen and oxygen atoms in total. The lowest BCUT2D eigenvalue weighted by molar-refractivity contribution is -0.908. The number of aromatic hydroxyl groups is 1. The summed E-state index contributed by atoms with van der Waals surface area (Å²) in [7, 11) is 3.54. The lowest BCUT2D eigenvalue weighted by Crippen LogP contribution is -3.10. The highest BCUT2D eigenvalue weighted by Crippen LogP contribution is 2.48. The number of quaternary nitrogens is 1. The van der Waals surface area contributed by atoms with Crippen LogP contribution in [0.5, 0.6) is 23.1 Å². The van der Waals surface area contributed by atoms with Crippen molar-refractivity contribution in [3.05, 3.63) is 67.2 Å². The molecule has 2 atom stereocenters. The molecule has 0 spiro atoms. The van der Waals surface area contributed by atoms with Gasteiger partial charge in [0.25, 0.3) is 5.56 Å². The molecule has 1 aromatic heterocycles. The summed E-state index contributed by atoms with van der Waals surface area (Å²) in [6.45, 7) is 0.852. The van der Waals surface area contributed by atoms with Crippen LogP contribution in [-0.4, -0.2) is 42.2 Å². The minimum Gasteiger partial charge on any atom is -0.494 e. The highest BCUT2D eigenvalue weighted by molar-refractivity contribution is 7.71. The van der Waals surface area contributed by atoms with Gasteiger partial charge in [0.05, 0.1) is 32.0 Å². The van der Waals surface area contributed by atoms with E-state index >= 15 is 0 Å². The first-order valence-electron chi connectivity index (χ1n) is 10.1. The fourth-order valence-corrected chi connectivity index (χ4v) is 4.96. The molecule has 0 fully saturated rings. The predicted octanol–water partition coefficient (Wildman–Crippen LogP) is 2.15. The van der Waals surface area contributed by atoms with Crippen molar-refractivity contribution in [3.63, 3.8) is 0 Å². The van der Waals surface area contributed by atoms with Gasteiger partial charge in [0.1, 0.15) is 5.56 Å². The molecule has 10 heteroatoms. The van der Waals surface area contributed by atoms with Crippen LogP contribution in [0.25, 0.3) is 5.69 Å². The number of methoxy groups -OCH3 is 1. The Morgan fingerprint density at radius 3 is 2.75 bits per heavy atom. The molecule has 1 unspecified atom stereocenters. The molecule has 0 bridgehead atoms. The third kappa shape index (κ3) is 3.16. The molecule has 0 aliphatic carbocycles. The Bertz CT molecular complexity index is 1340. The van der Waals surface area contributed by atoms with Crippen LogP contribution in [0.4, 0.5) is 0 Å². The van der Waals surface area contributed by atoms with Gasteiger partial charge in [-0.25, -0.2) is 0 Å². The molecule has 5 rings (SSSR count). The van der Waals surface area contributed by atoms with Crippen molar-refractivity contribution in [3.8, 4) is 28.8 Å². The van der Waals surface area contributed by atoms with Crippen molar-refractivity contribution in [2.45, 2.75) is 12.5 Å². The largest absolute Gasteiger partial charge is 0.494 e. The lowest BCUT2D eigenvalue weighted by Gasteiger charge is -2.33. The third-order valence-electron chi connectivity index (χ3n) is 6.01. The monoisotopic (exact) mass is 474 g/mol. The van der Waals surface area contributed by atoms with E-state index in [0.717, 1.165) is 29.0 Å². The van der Waals surface area contributed by atoms with Crippen LogP contribution >= 0.6 is 23.8 Å². The van der Waals surface area contributed by atoms with Crippen molar-refractivity contribution in [1.82, 2.24) is 9.55 Å². The van der Waals surface area contributed by atoms with Gasteiger partial charge in [-0.2, -0.15) is 0 Å². The maximum Gasteiger partial charge on any atom is 0.265 e.